The Balaban J connectivity index is 1.50. The summed E-state index contributed by atoms with van der Waals surface area (Å²) in [4.78, 5) is 4.42. The number of benzene rings is 1. The fraction of sp³-hybridized carbons (Fsp3) is 0.533. The minimum absolute atomic E-state index is 0.468. The van der Waals surface area contributed by atoms with E-state index in [1.165, 1.54) is 12.0 Å². The molecule has 1 aliphatic heterocycles. The Kier molecular flexibility index (Phi) is 3.32. The van der Waals surface area contributed by atoms with Crippen molar-refractivity contribution in [2.24, 2.45) is 10.9 Å². The predicted molar refractivity (Wildman–Crippen MR) is 76.7 cm³/mol. The number of hydrogen-bond donors (Lipinski definition) is 2. The Bertz CT molecular complexity index is 486. The summed E-state index contributed by atoms with van der Waals surface area (Å²) in [6.45, 7) is 4.03. The Labute approximate surface area is 114 Å². The van der Waals surface area contributed by atoms with E-state index in [1.54, 1.807) is 7.11 Å². The lowest BCUT2D eigenvalue weighted by molar-refractivity contribution is 0.414. The van der Waals surface area contributed by atoms with Crippen LogP contribution in [0.1, 0.15) is 24.8 Å². The zero-order valence-electron chi connectivity index (χ0n) is 11.5. The Morgan fingerprint density at radius 2 is 2.37 bits per heavy atom. The molecular weight excluding hydrogens is 238 g/mol. The number of aliphatic imine (C=N–C) groups is 1. The lowest BCUT2D eigenvalue weighted by Crippen LogP contribution is -2.38. The van der Waals surface area contributed by atoms with Crippen LogP contribution in [-0.2, 0) is 0 Å². The van der Waals surface area contributed by atoms with Crippen molar-refractivity contribution in [3.05, 3.63) is 29.8 Å². The molecular formula is C15H21N3O. The van der Waals surface area contributed by atoms with E-state index in [4.69, 9.17) is 4.74 Å². The maximum Gasteiger partial charge on any atom is 0.191 e. The van der Waals surface area contributed by atoms with Crippen molar-refractivity contribution in [1.82, 2.24) is 10.6 Å². The van der Waals surface area contributed by atoms with Crippen molar-refractivity contribution >= 4 is 5.96 Å². The molecule has 0 aromatic heterocycles. The van der Waals surface area contributed by atoms with Gasteiger partial charge in [0.1, 0.15) is 5.75 Å². The molecule has 4 heteroatoms. The summed E-state index contributed by atoms with van der Waals surface area (Å²) in [5.41, 5.74) is 1.39. The van der Waals surface area contributed by atoms with Gasteiger partial charge in [0.15, 0.2) is 5.96 Å². The largest absolute Gasteiger partial charge is 0.497 e. The normalized spacial score (nSPS) is 28.5. The van der Waals surface area contributed by atoms with Crippen molar-refractivity contribution in [2.45, 2.75) is 25.3 Å². The molecule has 1 aromatic rings. The van der Waals surface area contributed by atoms with Crippen molar-refractivity contribution in [1.29, 1.82) is 0 Å². The quantitative estimate of drug-likeness (QED) is 0.865. The molecule has 19 heavy (non-hydrogen) atoms. The van der Waals surface area contributed by atoms with Gasteiger partial charge in [-0.25, -0.2) is 0 Å². The fourth-order valence-corrected chi connectivity index (χ4v) is 2.64. The molecule has 1 fully saturated rings. The Morgan fingerprint density at radius 3 is 3.11 bits per heavy atom. The smallest absolute Gasteiger partial charge is 0.191 e. The van der Waals surface area contributed by atoms with Crippen LogP contribution in [0.25, 0.3) is 0 Å². The summed E-state index contributed by atoms with van der Waals surface area (Å²) in [5.74, 6) is 3.30. The molecule has 3 atom stereocenters. The molecule has 2 N–H and O–H groups in total. The third kappa shape index (κ3) is 2.83. The summed E-state index contributed by atoms with van der Waals surface area (Å²) in [7, 11) is 1.72. The van der Waals surface area contributed by atoms with Gasteiger partial charge < -0.3 is 15.4 Å². The lowest BCUT2D eigenvalue weighted by Gasteiger charge is -2.08. The van der Waals surface area contributed by atoms with Crippen LogP contribution < -0.4 is 15.4 Å². The molecule has 1 unspecified atom stereocenters. The van der Waals surface area contributed by atoms with Gasteiger partial charge in [0.2, 0.25) is 0 Å². The molecule has 102 valence electrons. The minimum atomic E-state index is 0.468. The summed E-state index contributed by atoms with van der Waals surface area (Å²) in [5, 5.41) is 6.74. The highest BCUT2D eigenvalue weighted by Gasteiger charge is 2.38. The standard InChI is InChI=1S/C15H21N3O/c1-10-8-16-15(18-10)17-9-12-7-14(12)11-4-3-5-13(6-11)19-2/h3-6,10,12,14H,7-9H2,1-2H3,(H2,16,17,18)/t10?,12-,14-/m0/s1. The van der Waals surface area contributed by atoms with Gasteiger partial charge in [0, 0.05) is 12.6 Å². The molecule has 0 spiro atoms. The van der Waals surface area contributed by atoms with Gasteiger partial charge in [-0.15, -0.1) is 0 Å². The molecule has 1 heterocycles. The topological polar surface area (TPSA) is 45.6 Å². The first-order valence-corrected chi connectivity index (χ1v) is 6.95. The maximum absolute atomic E-state index is 5.28. The number of hydrogen-bond acceptors (Lipinski definition) is 4. The van der Waals surface area contributed by atoms with E-state index in [-0.39, 0.29) is 0 Å². The zero-order chi connectivity index (χ0) is 13.2. The van der Waals surface area contributed by atoms with Crippen LogP contribution in [0.5, 0.6) is 5.75 Å². The maximum atomic E-state index is 5.28. The van der Waals surface area contributed by atoms with Crippen LogP contribution in [-0.4, -0.2) is 32.2 Å². The van der Waals surface area contributed by atoms with E-state index in [9.17, 15) is 0 Å². The SMILES string of the molecule is COc1cccc([C@@H]2C[C@H]2CNC2=NCC(C)N2)c1. The highest BCUT2D eigenvalue weighted by Crippen LogP contribution is 2.47. The Hall–Kier alpha value is -1.71. The van der Waals surface area contributed by atoms with Crippen LogP contribution in [0, 0.1) is 5.92 Å². The molecule has 4 nitrogen and oxygen atoms in total. The van der Waals surface area contributed by atoms with Crippen molar-refractivity contribution in [2.75, 3.05) is 20.2 Å². The lowest BCUT2D eigenvalue weighted by atomic mass is 10.1. The van der Waals surface area contributed by atoms with Crippen LogP contribution >= 0.6 is 0 Å². The molecule has 0 saturated heterocycles. The number of guanidine groups is 1. The van der Waals surface area contributed by atoms with Crippen LogP contribution in [0.3, 0.4) is 0 Å². The molecule has 2 aliphatic rings. The monoisotopic (exact) mass is 259 g/mol. The average Bonchev–Trinajstić information content (AvgIpc) is 3.11. The molecule has 0 radical (unpaired) electrons. The highest BCUT2D eigenvalue weighted by molar-refractivity contribution is 5.81. The second-order valence-electron chi connectivity index (χ2n) is 5.49. The third-order valence-corrected chi connectivity index (χ3v) is 3.88. The molecule has 0 amide bonds. The Morgan fingerprint density at radius 1 is 1.47 bits per heavy atom. The number of rotatable bonds is 4. The van der Waals surface area contributed by atoms with E-state index in [1.807, 2.05) is 6.07 Å². The van der Waals surface area contributed by atoms with Gasteiger partial charge in [-0.05, 0) is 42.9 Å². The number of methoxy groups -OCH3 is 1. The number of nitrogens with zero attached hydrogens (tertiary/aromatic N) is 1. The van der Waals surface area contributed by atoms with Gasteiger partial charge in [-0.2, -0.15) is 0 Å². The molecule has 1 aromatic carbocycles. The van der Waals surface area contributed by atoms with E-state index >= 15 is 0 Å². The van der Waals surface area contributed by atoms with E-state index < -0.39 is 0 Å². The van der Waals surface area contributed by atoms with Gasteiger partial charge >= 0.3 is 0 Å². The molecule has 1 saturated carbocycles. The van der Waals surface area contributed by atoms with Gasteiger partial charge in [-0.1, -0.05) is 12.1 Å². The molecule has 0 bridgehead atoms. The number of ether oxygens (including phenoxy) is 1. The molecule has 3 rings (SSSR count). The average molecular weight is 259 g/mol. The summed E-state index contributed by atoms with van der Waals surface area (Å²) < 4.78 is 5.28. The van der Waals surface area contributed by atoms with E-state index in [2.05, 4.69) is 40.7 Å². The van der Waals surface area contributed by atoms with Crippen LogP contribution in [0.15, 0.2) is 29.3 Å². The molecule has 1 aliphatic carbocycles. The van der Waals surface area contributed by atoms with Crippen molar-refractivity contribution in [3.63, 3.8) is 0 Å². The van der Waals surface area contributed by atoms with Crippen LogP contribution in [0.2, 0.25) is 0 Å². The zero-order valence-corrected chi connectivity index (χ0v) is 11.5. The summed E-state index contributed by atoms with van der Waals surface area (Å²) in [6, 6.07) is 8.88. The van der Waals surface area contributed by atoms with E-state index in [0.29, 0.717) is 17.9 Å². The second kappa shape index (κ2) is 5.11. The third-order valence-electron chi connectivity index (χ3n) is 3.88. The van der Waals surface area contributed by atoms with Crippen molar-refractivity contribution < 1.29 is 4.74 Å². The van der Waals surface area contributed by atoms with Gasteiger partial charge in [0.05, 0.1) is 13.7 Å². The van der Waals surface area contributed by atoms with Gasteiger partial charge in [0.25, 0.3) is 0 Å². The summed E-state index contributed by atoms with van der Waals surface area (Å²) in [6.07, 6.45) is 1.25. The first-order valence-electron chi connectivity index (χ1n) is 6.95. The number of nitrogens with one attached hydrogen (secondary N) is 2. The minimum Gasteiger partial charge on any atom is -0.497 e. The second-order valence-corrected chi connectivity index (χ2v) is 5.49. The fourth-order valence-electron chi connectivity index (χ4n) is 2.64. The first-order chi connectivity index (χ1) is 9.26. The van der Waals surface area contributed by atoms with Crippen LogP contribution in [0.4, 0.5) is 0 Å². The predicted octanol–water partition coefficient (Wildman–Crippen LogP) is 1.74. The van der Waals surface area contributed by atoms with E-state index in [0.717, 1.165) is 24.8 Å². The summed E-state index contributed by atoms with van der Waals surface area (Å²) >= 11 is 0. The first kappa shape index (κ1) is 12.3. The van der Waals surface area contributed by atoms with Crippen molar-refractivity contribution in [3.8, 4) is 5.75 Å². The van der Waals surface area contributed by atoms with Gasteiger partial charge in [-0.3, -0.25) is 4.99 Å². The highest BCUT2D eigenvalue weighted by atomic mass is 16.5.